The van der Waals surface area contributed by atoms with Crippen LogP contribution in [0.2, 0.25) is 0 Å². The summed E-state index contributed by atoms with van der Waals surface area (Å²) in [7, 11) is 0. The van der Waals surface area contributed by atoms with Gasteiger partial charge in [-0.2, -0.15) is 0 Å². The Labute approximate surface area is 129 Å². The highest BCUT2D eigenvalue weighted by atomic mass is 16.4. The van der Waals surface area contributed by atoms with Gasteiger partial charge in [0.15, 0.2) is 0 Å². The van der Waals surface area contributed by atoms with Crippen molar-refractivity contribution < 1.29 is 9.90 Å². The average molecular weight is 294 g/mol. The van der Waals surface area contributed by atoms with Crippen LogP contribution in [-0.4, -0.2) is 17.3 Å². The molecule has 2 aromatic rings. The Morgan fingerprint density at radius 3 is 2.27 bits per heavy atom. The first-order valence-corrected chi connectivity index (χ1v) is 7.05. The van der Waals surface area contributed by atoms with E-state index >= 15 is 0 Å². The van der Waals surface area contributed by atoms with E-state index in [0.717, 1.165) is 16.9 Å². The zero-order chi connectivity index (χ0) is 15.6. The maximum absolute atomic E-state index is 10.8. The number of aliphatic carboxylic acids is 1. The first-order chi connectivity index (χ1) is 10.7. The number of hydrogen-bond acceptors (Lipinski definition) is 3. The highest BCUT2D eigenvalue weighted by Gasteiger charge is 2.00. The highest BCUT2D eigenvalue weighted by Crippen LogP contribution is 2.12. The number of hydrogen-bond donors (Lipinski definition) is 2. The number of carbonyl (C=O) groups is 1. The summed E-state index contributed by atoms with van der Waals surface area (Å²) in [4.78, 5) is 15.1. The fourth-order valence-corrected chi connectivity index (χ4v) is 1.81. The van der Waals surface area contributed by atoms with Crippen molar-refractivity contribution in [2.45, 2.75) is 12.8 Å². The Kier molecular flexibility index (Phi) is 5.93. The van der Waals surface area contributed by atoms with Crippen molar-refractivity contribution >= 4 is 23.6 Å². The van der Waals surface area contributed by atoms with Crippen molar-refractivity contribution in [3.8, 4) is 0 Å². The summed E-state index contributed by atoms with van der Waals surface area (Å²) in [6.45, 7) is 0. The molecule has 0 saturated heterocycles. The van der Waals surface area contributed by atoms with Crippen molar-refractivity contribution in [3.05, 3.63) is 72.4 Å². The molecule has 22 heavy (non-hydrogen) atoms. The maximum atomic E-state index is 10.8. The van der Waals surface area contributed by atoms with Gasteiger partial charge in [-0.1, -0.05) is 36.4 Å². The van der Waals surface area contributed by atoms with Gasteiger partial charge in [-0.15, -0.1) is 0 Å². The van der Waals surface area contributed by atoms with Gasteiger partial charge in [-0.05, 0) is 36.3 Å². The fourth-order valence-electron chi connectivity index (χ4n) is 1.81. The third kappa shape index (κ3) is 5.63. The van der Waals surface area contributed by atoms with Gasteiger partial charge in [0.2, 0.25) is 0 Å². The summed E-state index contributed by atoms with van der Waals surface area (Å²) in [5.74, 6) is -0.821. The van der Waals surface area contributed by atoms with Crippen molar-refractivity contribution in [3.63, 3.8) is 0 Å². The summed E-state index contributed by atoms with van der Waals surface area (Å²) >= 11 is 0. The van der Waals surface area contributed by atoms with Crippen molar-refractivity contribution in [2.24, 2.45) is 4.99 Å². The number of rotatable bonds is 7. The van der Waals surface area contributed by atoms with Crippen LogP contribution in [0.3, 0.4) is 0 Å². The number of carboxylic acid groups (broad SMARTS) is 1. The SMILES string of the molecule is O=C(O)CC/C(C=Nc1ccccc1)=C/Nc1ccccc1. The van der Waals surface area contributed by atoms with Gasteiger partial charge in [-0.3, -0.25) is 9.79 Å². The number of benzene rings is 2. The maximum Gasteiger partial charge on any atom is 0.303 e. The minimum Gasteiger partial charge on any atom is -0.481 e. The van der Waals surface area contributed by atoms with E-state index in [1.165, 1.54) is 0 Å². The van der Waals surface area contributed by atoms with Crippen molar-refractivity contribution in [1.29, 1.82) is 0 Å². The molecule has 2 N–H and O–H groups in total. The quantitative estimate of drug-likeness (QED) is 0.750. The van der Waals surface area contributed by atoms with Crippen molar-refractivity contribution in [2.75, 3.05) is 5.32 Å². The minimum atomic E-state index is -0.821. The number of allylic oxidation sites excluding steroid dienone is 1. The van der Waals surface area contributed by atoms with E-state index in [1.807, 2.05) is 60.7 Å². The molecule has 0 aliphatic rings. The van der Waals surface area contributed by atoms with E-state index in [9.17, 15) is 4.79 Å². The van der Waals surface area contributed by atoms with Crippen LogP contribution in [0.5, 0.6) is 0 Å². The number of para-hydroxylation sites is 2. The Hall–Kier alpha value is -2.88. The molecule has 0 amide bonds. The van der Waals surface area contributed by atoms with E-state index < -0.39 is 5.97 Å². The highest BCUT2D eigenvalue weighted by molar-refractivity contribution is 5.82. The summed E-state index contributed by atoms with van der Waals surface area (Å²) in [6.07, 6.45) is 3.99. The molecule has 4 heteroatoms. The molecule has 2 aromatic carbocycles. The second-order valence-corrected chi connectivity index (χ2v) is 4.72. The molecule has 0 fully saturated rings. The number of nitrogens with one attached hydrogen (secondary N) is 1. The Morgan fingerprint density at radius 1 is 1.00 bits per heavy atom. The molecule has 4 nitrogen and oxygen atoms in total. The molecule has 0 atom stereocenters. The third-order valence-corrected chi connectivity index (χ3v) is 2.96. The van der Waals surface area contributed by atoms with Crippen LogP contribution in [0.15, 0.2) is 77.4 Å². The minimum absolute atomic E-state index is 0.0725. The molecule has 0 aliphatic heterocycles. The molecule has 0 unspecified atom stereocenters. The number of anilines is 1. The summed E-state index contributed by atoms with van der Waals surface area (Å²) in [5.41, 5.74) is 2.61. The molecule has 0 aromatic heterocycles. The second kappa shape index (κ2) is 8.42. The summed E-state index contributed by atoms with van der Waals surface area (Å²) in [5, 5.41) is 12.0. The summed E-state index contributed by atoms with van der Waals surface area (Å²) in [6, 6.07) is 19.3. The lowest BCUT2D eigenvalue weighted by atomic mass is 10.1. The van der Waals surface area contributed by atoms with Gasteiger partial charge in [-0.25, -0.2) is 0 Å². The van der Waals surface area contributed by atoms with E-state index in [-0.39, 0.29) is 6.42 Å². The van der Waals surface area contributed by atoms with E-state index in [1.54, 1.807) is 12.4 Å². The lowest BCUT2D eigenvalue weighted by molar-refractivity contribution is -0.136. The first kappa shape index (κ1) is 15.5. The largest absolute Gasteiger partial charge is 0.481 e. The van der Waals surface area contributed by atoms with E-state index in [0.29, 0.717) is 6.42 Å². The van der Waals surface area contributed by atoms with Crippen LogP contribution >= 0.6 is 0 Å². The van der Waals surface area contributed by atoms with Gasteiger partial charge >= 0.3 is 5.97 Å². The molecule has 0 spiro atoms. The molecule has 0 saturated carbocycles. The molecule has 0 bridgehead atoms. The lowest BCUT2D eigenvalue weighted by Gasteiger charge is -2.03. The average Bonchev–Trinajstić information content (AvgIpc) is 2.56. The second-order valence-electron chi connectivity index (χ2n) is 4.72. The lowest BCUT2D eigenvalue weighted by Crippen LogP contribution is -1.99. The van der Waals surface area contributed by atoms with E-state index in [4.69, 9.17) is 5.11 Å². The van der Waals surface area contributed by atoms with Crippen LogP contribution in [0.4, 0.5) is 11.4 Å². The zero-order valence-corrected chi connectivity index (χ0v) is 12.1. The number of nitrogens with zero attached hydrogens (tertiary/aromatic N) is 1. The van der Waals surface area contributed by atoms with Gasteiger partial charge in [0.1, 0.15) is 0 Å². The monoisotopic (exact) mass is 294 g/mol. The fraction of sp³-hybridized carbons (Fsp3) is 0.111. The molecular weight excluding hydrogens is 276 g/mol. The van der Waals surface area contributed by atoms with Crippen LogP contribution in [0.25, 0.3) is 0 Å². The number of carboxylic acids is 1. The molecule has 2 rings (SSSR count). The van der Waals surface area contributed by atoms with Crippen LogP contribution in [0, 0.1) is 0 Å². The molecule has 0 radical (unpaired) electrons. The molecular formula is C18H18N2O2. The smallest absolute Gasteiger partial charge is 0.303 e. The van der Waals surface area contributed by atoms with Gasteiger partial charge in [0.25, 0.3) is 0 Å². The van der Waals surface area contributed by atoms with Crippen LogP contribution in [0.1, 0.15) is 12.8 Å². The third-order valence-electron chi connectivity index (χ3n) is 2.96. The molecule has 0 heterocycles. The Morgan fingerprint density at radius 2 is 1.64 bits per heavy atom. The van der Waals surface area contributed by atoms with Crippen molar-refractivity contribution in [1.82, 2.24) is 0 Å². The van der Waals surface area contributed by atoms with Gasteiger partial charge in [0, 0.05) is 24.5 Å². The molecule has 0 aliphatic carbocycles. The topological polar surface area (TPSA) is 61.7 Å². The van der Waals surface area contributed by atoms with E-state index in [2.05, 4.69) is 10.3 Å². The van der Waals surface area contributed by atoms with Crippen LogP contribution < -0.4 is 5.32 Å². The summed E-state index contributed by atoms with van der Waals surface area (Å²) < 4.78 is 0. The predicted octanol–water partition coefficient (Wildman–Crippen LogP) is 4.25. The Balaban J connectivity index is 2.08. The van der Waals surface area contributed by atoms with Gasteiger partial charge < -0.3 is 10.4 Å². The van der Waals surface area contributed by atoms with Crippen LogP contribution in [-0.2, 0) is 4.79 Å². The first-order valence-electron chi connectivity index (χ1n) is 7.05. The zero-order valence-electron chi connectivity index (χ0n) is 12.1. The molecule has 112 valence electrons. The predicted molar refractivity (Wildman–Crippen MR) is 89.6 cm³/mol. The standard InChI is InChI=1S/C18H18N2O2/c21-18(22)12-11-15(13-19-16-7-3-1-4-8-16)14-20-17-9-5-2-6-10-17/h1-10,13-14,19H,11-12H2,(H,21,22)/b15-13-,20-14?. The number of aliphatic imine (C=N–C) groups is 1. The Bertz CT molecular complexity index is 649. The normalized spacial score (nSPS) is 11.5. The van der Waals surface area contributed by atoms with Gasteiger partial charge in [0.05, 0.1) is 5.69 Å².